The highest BCUT2D eigenvalue weighted by Gasteiger charge is 2.28. The minimum atomic E-state index is -3.99. The van der Waals surface area contributed by atoms with E-state index >= 15 is 0 Å². The summed E-state index contributed by atoms with van der Waals surface area (Å²) in [5, 5.41) is 9.19. The zero-order chi connectivity index (χ0) is 23.9. The lowest BCUT2D eigenvalue weighted by Crippen LogP contribution is -2.28. The Bertz CT molecular complexity index is 1490. The van der Waals surface area contributed by atoms with Gasteiger partial charge in [-0.3, -0.25) is 0 Å². The van der Waals surface area contributed by atoms with Crippen LogP contribution in [0.1, 0.15) is 24.0 Å². The molecule has 0 unspecified atom stereocenters. The third kappa shape index (κ3) is 3.81. The molecule has 0 atom stereocenters. The van der Waals surface area contributed by atoms with Crippen LogP contribution in [0.4, 0.5) is 5.69 Å². The molecule has 1 heterocycles. The van der Waals surface area contributed by atoms with E-state index < -0.39 is 10.0 Å². The summed E-state index contributed by atoms with van der Waals surface area (Å²) in [6.07, 6.45) is 1.23. The van der Waals surface area contributed by atoms with Gasteiger partial charge in [0, 0.05) is 35.7 Å². The second-order valence-corrected chi connectivity index (χ2v) is 10.2. The van der Waals surface area contributed by atoms with E-state index in [1.54, 1.807) is 19.1 Å². The van der Waals surface area contributed by atoms with E-state index in [4.69, 9.17) is 15.6 Å². The lowest BCUT2D eigenvalue weighted by Gasteiger charge is -2.24. The summed E-state index contributed by atoms with van der Waals surface area (Å²) in [5.74, 6) is 0.454. The van der Waals surface area contributed by atoms with Gasteiger partial charge in [0.1, 0.15) is 10.7 Å². The van der Waals surface area contributed by atoms with Crippen molar-refractivity contribution in [1.82, 2.24) is 4.31 Å². The third-order valence-corrected chi connectivity index (χ3v) is 7.99. The molecule has 0 amide bonds. The van der Waals surface area contributed by atoms with Crippen molar-refractivity contribution in [3.8, 4) is 22.5 Å². The topological polar surface area (TPSA) is 98.2 Å². The van der Waals surface area contributed by atoms with Crippen molar-refractivity contribution >= 4 is 26.7 Å². The molecule has 2 N–H and O–H groups in total. The normalized spacial score (nSPS) is 12.2. The van der Waals surface area contributed by atoms with Crippen LogP contribution in [-0.4, -0.2) is 26.3 Å². The molecule has 1 aliphatic carbocycles. The van der Waals surface area contributed by atoms with Crippen molar-refractivity contribution in [3.05, 3.63) is 77.7 Å². The SMILES string of the molecule is [CH2-]CCCN(C)S(=O)(=O)c1c([NH-])ccc2c(-c3ccccc3C)c3ccc(=N)c(C)c-3oc12. The molecule has 7 heteroatoms. The summed E-state index contributed by atoms with van der Waals surface area (Å²) in [6.45, 7) is 7.89. The van der Waals surface area contributed by atoms with Gasteiger partial charge in [-0.05, 0) is 37.1 Å². The second kappa shape index (κ2) is 8.65. The highest BCUT2D eigenvalue weighted by molar-refractivity contribution is 7.89. The predicted molar refractivity (Wildman–Crippen MR) is 132 cm³/mol. The van der Waals surface area contributed by atoms with Crippen molar-refractivity contribution in [2.24, 2.45) is 0 Å². The van der Waals surface area contributed by atoms with E-state index in [2.05, 4.69) is 6.92 Å². The molecular formula is C26H27N3O3S-2. The number of hydrogen-bond donors (Lipinski definition) is 1. The van der Waals surface area contributed by atoms with Gasteiger partial charge < -0.3 is 22.5 Å². The largest absolute Gasteiger partial charge is 0.698 e. The minimum Gasteiger partial charge on any atom is -0.698 e. The Morgan fingerprint density at radius 3 is 2.48 bits per heavy atom. The van der Waals surface area contributed by atoms with Crippen molar-refractivity contribution in [2.75, 3.05) is 13.6 Å². The van der Waals surface area contributed by atoms with Gasteiger partial charge >= 0.3 is 0 Å². The van der Waals surface area contributed by atoms with Crippen LogP contribution in [0.15, 0.2) is 57.8 Å². The van der Waals surface area contributed by atoms with E-state index in [-0.39, 0.29) is 16.2 Å². The molecule has 0 radical (unpaired) electrons. The van der Waals surface area contributed by atoms with E-state index in [0.29, 0.717) is 41.5 Å². The number of benzene rings is 3. The van der Waals surface area contributed by atoms with Crippen LogP contribution in [0.3, 0.4) is 0 Å². The zero-order valence-electron chi connectivity index (χ0n) is 19.0. The van der Waals surface area contributed by atoms with Crippen LogP contribution in [0, 0.1) is 26.2 Å². The second-order valence-electron chi connectivity index (χ2n) is 8.26. The number of fused-ring (bicyclic) bond motifs is 2. The van der Waals surface area contributed by atoms with Gasteiger partial charge in [0.05, 0.1) is 5.36 Å². The average molecular weight is 462 g/mol. The zero-order valence-corrected chi connectivity index (χ0v) is 19.8. The maximum Gasteiger partial charge on any atom is 0.245 e. The average Bonchev–Trinajstić information content (AvgIpc) is 2.79. The molecule has 0 spiro atoms. The Morgan fingerprint density at radius 2 is 1.79 bits per heavy atom. The Kier molecular flexibility index (Phi) is 6.03. The first-order valence-corrected chi connectivity index (χ1v) is 12.2. The van der Waals surface area contributed by atoms with Gasteiger partial charge in [-0.15, -0.1) is 5.69 Å². The van der Waals surface area contributed by atoms with Crippen LogP contribution in [0.25, 0.3) is 39.2 Å². The molecule has 2 aliphatic rings. The first-order valence-electron chi connectivity index (χ1n) is 10.8. The number of hydrogen-bond acceptors (Lipinski definition) is 4. The summed E-state index contributed by atoms with van der Waals surface area (Å²) < 4.78 is 34.6. The number of rotatable bonds is 6. The lowest BCUT2D eigenvalue weighted by molar-refractivity contribution is 0.462. The van der Waals surface area contributed by atoms with Crippen molar-refractivity contribution in [1.29, 1.82) is 5.41 Å². The molecule has 1 aliphatic heterocycles. The van der Waals surface area contributed by atoms with Crippen LogP contribution in [0.5, 0.6) is 0 Å². The van der Waals surface area contributed by atoms with Crippen LogP contribution in [0.2, 0.25) is 0 Å². The molecule has 0 saturated carbocycles. The fraction of sp³-hybridized carbons (Fsp3) is 0.231. The van der Waals surface area contributed by atoms with Gasteiger partial charge in [0.25, 0.3) is 0 Å². The minimum absolute atomic E-state index is 0.123. The summed E-state index contributed by atoms with van der Waals surface area (Å²) in [4.78, 5) is -0.155. The number of aryl methyl sites for hydroxylation is 1. The van der Waals surface area contributed by atoms with Gasteiger partial charge in [0.2, 0.25) is 10.0 Å². The Morgan fingerprint density at radius 1 is 1.06 bits per heavy atom. The maximum absolute atomic E-state index is 13.6. The summed E-state index contributed by atoms with van der Waals surface area (Å²) in [7, 11) is -2.48. The first-order chi connectivity index (χ1) is 15.7. The van der Waals surface area contributed by atoms with E-state index in [1.807, 2.05) is 37.3 Å². The molecule has 0 bridgehead atoms. The summed E-state index contributed by atoms with van der Waals surface area (Å²) in [5.41, 5.74) is 12.7. The van der Waals surface area contributed by atoms with Gasteiger partial charge in [-0.1, -0.05) is 42.8 Å². The third-order valence-electron chi connectivity index (χ3n) is 6.07. The molecule has 4 rings (SSSR count). The number of nitrogens with one attached hydrogen (secondary N) is 2. The fourth-order valence-corrected chi connectivity index (χ4v) is 5.55. The van der Waals surface area contributed by atoms with Gasteiger partial charge in [-0.25, -0.2) is 12.7 Å². The molecule has 33 heavy (non-hydrogen) atoms. The highest BCUT2D eigenvalue weighted by atomic mass is 32.2. The van der Waals surface area contributed by atoms with Crippen molar-refractivity contribution in [2.45, 2.75) is 31.6 Å². The van der Waals surface area contributed by atoms with E-state index in [0.717, 1.165) is 22.3 Å². The molecule has 0 fully saturated rings. The van der Waals surface area contributed by atoms with Crippen LogP contribution >= 0.6 is 0 Å². The summed E-state index contributed by atoms with van der Waals surface area (Å²) in [6, 6.07) is 14.7. The Labute approximate surface area is 194 Å². The monoisotopic (exact) mass is 461 g/mol. The van der Waals surface area contributed by atoms with E-state index in [9.17, 15) is 8.42 Å². The number of sulfonamides is 1. The van der Waals surface area contributed by atoms with Crippen molar-refractivity contribution < 1.29 is 12.8 Å². The standard InChI is InChI=1S/C26H27N3O3S/c1-5-6-15-29(4)33(30,31)26-22(28)14-12-20-23(18-10-8-7-9-16(18)2)19-11-13-21(27)17(3)24(19)32-25(20)26/h7-14,27-28H,1,5-6,15H2,2-4H3/q-2. The molecular weight excluding hydrogens is 434 g/mol. The molecule has 0 saturated heterocycles. The van der Waals surface area contributed by atoms with Gasteiger partial charge in [-0.2, -0.15) is 6.42 Å². The lowest BCUT2D eigenvalue weighted by atomic mass is 9.90. The quantitative estimate of drug-likeness (QED) is 0.272. The Balaban J connectivity index is 2.19. The maximum atomic E-state index is 13.6. The molecule has 2 aromatic carbocycles. The van der Waals surface area contributed by atoms with Crippen LogP contribution < -0.4 is 5.36 Å². The highest BCUT2D eigenvalue weighted by Crippen LogP contribution is 2.45. The molecule has 2 aromatic rings. The Hall–Kier alpha value is -3.16. The number of nitrogens with zero attached hydrogens (tertiary/aromatic N) is 1. The fourth-order valence-electron chi connectivity index (χ4n) is 4.14. The smallest absolute Gasteiger partial charge is 0.245 e. The molecule has 0 aromatic heterocycles. The van der Waals surface area contributed by atoms with Crippen molar-refractivity contribution in [3.63, 3.8) is 0 Å². The number of unbranched alkanes of at least 4 members (excludes halogenated alkanes) is 1. The van der Waals surface area contributed by atoms with E-state index in [1.165, 1.54) is 17.4 Å². The summed E-state index contributed by atoms with van der Waals surface area (Å²) >= 11 is 0. The molecule has 172 valence electrons. The first kappa shape index (κ1) is 23.0. The molecule has 6 nitrogen and oxygen atoms in total. The predicted octanol–water partition coefficient (Wildman–Crippen LogP) is 6.22. The van der Waals surface area contributed by atoms with Gasteiger partial charge in [0.15, 0.2) is 5.58 Å². The van der Waals surface area contributed by atoms with Crippen LogP contribution in [-0.2, 0) is 10.0 Å².